The molecule has 126 valence electrons. The van der Waals surface area contributed by atoms with Crippen molar-refractivity contribution in [2.45, 2.75) is 46.0 Å². The van der Waals surface area contributed by atoms with E-state index in [0.29, 0.717) is 25.9 Å². The first kappa shape index (κ1) is 17.5. The van der Waals surface area contributed by atoms with E-state index in [1.807, 2.05) is 32.0 Å². The predicted octanol–water partition coefficient (Wildman–Crippen LogP) is 3.36. The molecular weight excluding hydrogens is 290 g/mol. The van der Waals surface area contributed by atoms with Crippen molar-refractivity contribution in [3.05, 3.63) is 35.9 Å². The molecule has 4 heteroatoms. The second-order valence-corrected chi connectivity index (χ2v) is 6.94. The third-order valence-corrected chi connectivity index (χ3v) is 4.80. The lowest BCUT2D eigenvalue weighted by atomic mass is 9.75. The Morgan fingerprint density at radius 3 is 2.57 bits per heavy atom. The van der Waals surface area contributed by atoms with E-state index in [-0.39, 0.29) is 11.8 Å². The maximum Gasteiger partial charge on any atom is 0.311 e. The maximum absolute atomic E-state index is 12.2. The van der Waals surface area contributed by atoms with Crippen molar-refractivity contribution in [2.75, 3.05) is 13.1 Å². The van der Waals surface area contributed by atoms with Crippen molar-refractivity contribution >= 4 is 11.9 Å². The quantitative estimate of drug-likeness (QED) is 0.875. The molecule has 1 heterocycles. The molecule has 0 spiro atoms. The molecule has 1 saturated heterocycles. The highest BCUT2D eigenvalue weighted by molar-refractivity contribution is 5.80. The summed E-state index contributed by atoms with van der Waals surface area (Å²) in [5, 5.41) is 9.79. The molecule has 1 aromatic rings. The molecule has 1 aliphatic heterocycles. The summed E-state index contributed by atoms with van der Waals surface area (Å²) in [6.45, 7) is 4.78. The van der Waals surface area contributed by atoms with Crippen LogP contribution in [0.3, 0.4) is 0 Å². The monoisotopic (exact) mass is 317 g/mol. The zero-order valence-corrected chi connectivity index (χ0v) is 14.1. The van der Waals surface area contributed by atoms with E-state index in [0.717, 1.165) is 19.3 Å². The Bertz CT molecular complexity index is 541. The first-order valence-corrected chi connectivity index (χ1v) is 8.51. The van der Waals surface area contributed by atoms with Crippen molar-refractivity contribution in [3.8, 4) is 0 Å². The number of aryl methyl sites for hydroxylation is 1. The van der Waals surface area contributed by atoms with Gasteiger partial charge >= 0.3 is 5.97 Å². The van der Waals surface area contributed by atoms with Crippen LogP contribution >= 0.6 is 0 Å². The smallest absolute Gasteiger partial charge is 0.311 e. The fourth-order valence-corrected chi connectivity index (χ4v) is 3.45. The molecule has 1 aliphatic rings. The van der Waals surface area contributed by atoms with E-state index in [1.165, 1.54) is 5.56 Å². The van der Waals surface area contributed by atoms with Gasteiger partial charge in [0.15, 0.2) is 0 Å². The van der Waals surface area contributed by atoms with Gasteiger partial charge < -0.3 is 10.0 Å². The summed E-state index contributed by atoms with van der Waals surface area (Å²) in [4.78, 5) is 25.9. The number of carboxylic acid groups (broad SMARTS) is 1. The lowest BCUT2D eigenvalue weighted by Crippen LogP contribution is -2.51. The van der Waals surface area contributed by atoms with Crippen molar-refractivity contribution in [2.24, 2.45) is 11.3 Å². The largest absolute Gasteiger partial charge is 0.481 e. The molecule has 1 atom stereocenters. The van der Waals surface area contributed by atoms with Crippen molar-refractivity contribution < 1.29 is 14.7 Å². The molecule has 1 fully saturated rings. The van der Waals surface area contributed by atoms with Crippen LogP contribution in [0.5, 0.6) is 0 Å². The van der Waals surface area contributed by atoms with Gasteiger partial charge in [0.2, 0.25) is 5.91 Å². The van der Waals surface area contributed by atoms with Gasteiger partial charge in [0.25, 0.3) is 0 Å². The number of carboxylic acids is 1. The van der Waals surface area contributed by atoms with Gasteiger partial charge in [-0.1, -0.05) is 44.2 Å². The Morgan fingerprint density at radius 1 is 1.26 bits per heavy atom. The maximum atomic E-state index is 12.2. The Kier molecular flexibility index (Phi) is 5.80. The number of carbonyl (C=O) groups is 2. The van der Waals surface area contributed by atoms with Gasteiger partial charge in [0, 0.05) is 19.0 Å². The van der Waals surface area contributed by atoms with Gasteiger partial charge in [-0.25, -0.2) is 0 Å². The molecule has 0 aliphatic carbocycles. The fourth-order valence-electron chi connectivity index (χ4n) is 3.45. The van der Waals surface area contributed by atoms with Gasteiger partial charge in [0.05, 0.1) is 5.41 Å². The lowest BCUT2D eigenvalue weighted by molar-refractivity contribution is -0.156. The number of benzene rings is 1. The molecule has 1 unspecified atom stereocenters. The molecule has 1 N–H and O–H groups in total. The van der Waals surface area contributed by atoms with Crippen LogP contribution < -0.4 is 0 Å². The fraction of sp³-hybridized carbons (Fsp3) is 0.579. The van der Waals surface area contributed by atoms with E-state index in [9.17, 15) is 14.7 Å². The number of likely N-dealkylation sites (tertiary alicyclic amines) is 1. The molecule has 4 nitrogen and oxygen atoms in total. The number of piperidine rings is 1. The van der Waals surface area contributed by atoms with Crippen LogP contribution in [0.15, 0.2) is 30.3 Å². The normalized spacial score (nSPS) is 21.4. The number of carbonyl (C=O) groups excluding carboxylic acids is 1. The topological polar surface area (TPSA) is 57.6 Å². The van der Waals surface area contributed by atoms with Gasteiger partial charge in [-0.15, -0.1) is 0 Å². The molecule has 0 saturated carbocycles. The summed E-state index contributed by atoms with van der Waals surface area (Å²) in [7, 11) is 0. The summed E-state index contributed by atoms with van der Waals surface area (Å²) in [6, 6.07) is 10.1. The first-order chi connectivity index (χ1) is 10.9. The molecule has 23 heavy (non-hydrogen) atoms. The van der Waals surface area contributed by atoms with E-state index in [4.69, 9.17) is 0 Å². The van der Waals surface area contributed by atoms with Crippen LogP contribution in [-0.4, -0.2) is 35.0 Å². The first-order valence-electron chi connectivity index (χ1n) is 8.51. The van der Waals surface area contributed by atoms with Crippen LogP contribution in [0, 0.1) is 11.3 Å². The van der Waals surface area contributed by atoms with E-state index >= 15 is 0 Å². The molecule has 1 aromatic carbocycles. The standard InChI is InChI=1S/C19H27NO3/c1-15(2)17(21)20-13-7-12-19(14-20,18(22)23)11-6-10-16-8-4-3-5-9-16/h3-5,8-9,15H,6-7,10-14H2,1-2H3,(H,22,23). The Labute approximate surface area is 138 Å². The Hall–Kier alpha value is -1.84. The number of amides is 1. The number of hydrogen-bond donors (Lipinski definition) is 1. The Balaban J connectivity index is 2.01. The molecule has 0 bridgehead atoms. The van der Waals surface area contributed by atoms with Crippen molar-refractivity contribution in [1.29, 1.82) is 0 Å². The van der Waals surface area contributed by atoms with Gasteiger partial charge in [-0.3, -0.25) is 9.59 Å². The summed E-state index contributed by atoms with van der Waals surface area (Å²) in [5.41, 5.74) is 0.455. The van der Waals surface area contributed by atoms with Crippen LogP contribution in [0.4, 0.5) is 0 Å². The van der Waals surface area contributed by atoms with E-state index in [1.54, 1.807) is 4.90 Å². The minimum Gasteiger partial charge on any atom is -0.481 e. The number of hydrogen-bond acceptors (Lipinski definition) is 2. The summed E-state index contributed by atoms with van der Waals surface area (Å²) < 4.78 is 0. The number of nitrogens with zero attached hydrogens (tertiary/aromatic N) is 1. The third-order valence-electron chi connectivity index (χ3n) is 4.80. The number of rotatable bonds is 6. The van der Waals surface area contributed by atoms with E-state index in [2.05, 4.69) is 12.1 Å². The molecule has 2 rings (SSSR count). The zero-order valence-electron chi connectivity index (χ0n) is 14.1. The zero-order chi connectivity index (χ0) is 16.9. The molecule has 0 radical (unpaired) electrons. The molecule has 0 aromatic heterocycles. The average molecular weight is 317 g/mol. The summed E-state index contributed by atoms with van der Waals surface area (Å²) >= 11 is 0. The second-order valence-electron chi connectivity index (χ2n) is 6.94. The van der Waals surface area contributed by atoms with Crippen molar-refractivity contribution in [1.82, 2.24) is 4.90 Å². The predicted molar refractivity (Wildman–Crippen MR) is 90.1 cm³/mol. The van der Waals surface area contributed by atoms with Gasteiger partial charge in [-0.05, 0) is 37.7 Å². The highest BCUT2D eigenvalue weighted by atomic mass is 16.4. The van der Waals surface area contributed by atoms with Crippen LogP contribution in [-0.2, 0) is 16.0 Å². The highest BCUT2D eigenvalue weighted by Gasteiger charge is 2.43. The van der Waals surface area contributed by atoms with Gasteiger partial charge in [-0.2, -0.15) is 0 Å². The third kappa shape index (κ3) is 4.34. The van der Waals surface area contributed by atoms with Gasteiger partial charge in [0.1, 0.15) is 0 Å². The molecule has 1 amide bonds. The molecular formula is C19H27NO3. The minimum atomic E-state index is -0.780. The van der Waals surface area contributed by atoms with Crippen LogP contribution in [0.2, 0.25) is 0 Å². The van der Waals surface area contributed by atoms with Crippen LogP contribution in [0.25, 0.3) is 0 Å². The van der Waals surface area contributed by atoms with E-state index < -0.39 is 11.4 Å². The van der Waals surface area contributed by atoms with Crippen molar-refractivity contribution in [3.63, 3.8) is 0 Å². The summed E-state index contributed by atoms with van der Waals surface area (Å²) in [6.07, 6.45) is 3.78. The minimum absolute atomic E-state index is 0.0679. The lowest BCUT2D eigenvalue weighted by Gasteiger charge is -2.40. The SMILES string of the molecule is CC(C)C(=O)N1CCCC(CCCc2ccccc2)(C(=O)O)C1. The van der Waals surface area contributed by atoms with Crippen LogP contribution in [0.1, 0.15) is 45.1 Å². The number of aliphatic carboxylic acids is 1. The second kappa shape index (κ2) is 7.62. The highest BCUT2D eigenvalue weighted by Crippen LogP contribution is 2.36. The summed E-state index contributed by atoms with van der Waals surface area (Å²) in [5.74, 6) is -0.769. The average Bonchev–Trinajstić information content (AvgIpc) is 2.55. The Morgan fingerprint density at radius 2 is 1.96 bits per heavy atom.